The molecule has 1 aromatic heterocycles. The molecule has 0 saturated heterocycles. The minimum absolute atomic E-state index is 0.352. The Bertz CT molecular complexity index is 566. The lowest BCUT2D eigenvalue weighted by Gasteiger charge is -2.04. The molecule has 0 aliphatic heterocycles. The minimum atomic E-state index is -1.27. The normalized spacial score (nSPS) is 10.2. The Morgan fingerprint density at radius 2 is 1.76 bits per heavy atom. The van der Waals surface area contributed by atoms with Gasteiger partial charge in [0.2, 0.25) is 0 Å². The van der Waals surface area contributed by atoms with Crippen LogP contribution in [0, 0.1) is 0 Å². The Hall–Kier alpha value is -2.07. The van der Waals surface area contributed by atoms with E-state index in [9.17, 15) is 9.90 Å². The van der Waals surface area contributed by atoms with Gasteiger partial charge in [-0.25, -0.2) is 9.78 Å². The van der Waals surface area contributed by atoms with Crippen molar-refractivity contribution >= 4 is 17.6 Å². The minimum Gasteiger partial charge on any atom is -0.505 e. The van der Waals surface area contributed by atoms with Gasteiger partial charge in [-0.05, 0) is 24.3 Å². The number of aromatic hydroxyl groups is 1. The first-order valence-corrected chi connectivity index (χ1v) is 5.15. The fourth-order valence-corrected chi connectivity index (χ4v) is 1.52. The van der Waals surface area contributed by atoms with Crippen LogP contribution in [0.15, 0.2) is 36.4 Å². The Balaban J connectivity index is 2.50. The van der Waals surface area contributed by atoms with Gasteiger partial charge in [-0.2, -0.15) is 0 Å². The van der Waals surface area contributed by atoms with E-state index < -0.39 is 5.97 Å². The molecular formula is C12H8ClNO3. The van der Waals surface area contributed by atoms with Gasteiger partial charge in [0.25, 0.3) is 0 Å². The van der Waals surface area contributed by atoms with E-state index in [1.54, 1.807) is 30.3 Å². The third-order valence-corrected chi connectivity index (χ3v) is 2.47. The lowest BCUT2D eigenvalue weighted by atomic mass is 10.1. The molecule has 4 nitrogen and oxygen atoms in total. The molecule has 0 bridgehead atoms. The summed E-state index contributed by atoms with van der Waals surface area (Å²) in [5.41, 5.74) is 0.839. The number of carbonyl (C=O) groups is 1. The summed E-state index contributed by atoms with van der Waals surface area (Å²) < 4.78 is 0. The van der Waals surface area contributed by atoms with Crippen molar-refractivity contribution in [1.29, 1.82) is 0 Å². The molecule has 0 atom stereocenters. The highest BCUT2D eigenvalue weighted by atomic mass is 35.5. The molecule has 0 aliphatic rings. The van der Waals surface area contributed by atoms with E-state index in [4.69, 9.17) is 16.7 Å². The van der Waals surface area contributed by atoms with E-state index in [0.29, 0.717) is 10.7 Å². The van der Waals surface area contributed by atoms with Crippen LogP contribution in [0.1, 0.15) is 10.5 Å². The molecule has 86 valence electrons. The SMILES string of the molecule is O=C(O)c1nc(-c2ccc(Cl)cc2)ccc1O. The zero-order chi connectivity index (χ0) is 12.4. The van der Waals surface area contributed by atoms with Gasteiger partial charge in [0.1, 0.15) is 5.75 Å². The zero-order valence-electron chi connectivity index (χ0n) is 8.59. The number of carboxylic acids is 1. The first kappa shape index (κ1) is 11.4. The second-order valence-electron chi connectivity index (χ2n) is 3.38. The van der Waals surface area contributed by atoms with Crippen LogP contribution in [-0.2, 0) is 0 Å². The van der Waals surface area contributed by atoms with Gasteiger partial charge >= 0.3 is 5.97 Å². The van der Waals surface area contributed by atoms with Gasteiger partial charge in [0, 0.05) is 10.6 Å². The predicted octanol–water partition coefficient (Wildman–Crippen LogP) is 2.81. The average Bonchev–Trinajstić information content (AvgIpc) is 2.30. The van der Waals surface area contributed by atoms with Crippen molar-refractivity contribution in [3.8, 4) is 17.0 Å². The summed E-state index contributed by atoms with van der Waals surface area (Å²) in [6, 6.07) is 9.68. The van der Waals surface area contributed by atoms with E-state index in [2.05, 4.69) is 4.98 Å². The van der Waals surface area contributed by atoms with Gasteiger partial charge in [0.15, 0.2) is 5.69 Å². The fourth-order valence-electron chi connectivity index (χ4n) is 1.39. The molecule has 17 heavy (non-hydrogen) atoms. The summed E-state index contributed by atoms with van der Waals surface area (Å²) in [6.07, 6.45) is 0. The van der Waals surface area contributed by atoms with E-state index in [1.807, 2.05) is 0 Å². The van der Waals surface area contributed by atoms with Crippen molar-refractivity contribution in [2.24, 2.45) is 0 Å². The van der Waals surface area contributed by atoms with Crippen LogP contribution in [0.5, 0.6) is 5.75 Å². The number of aromatic nitrogens is 1. The molecule has 2 aromatic rings. The van der Waals surface area contributed by atoms with Crippen LogP contribution in [0.3, 0.4) is 0 Å². The number of aromatic carboxylic acids is 1. The second-order valence-corrected chi connectivity index (χ2v) is 3.81. The molecule has 5 heteroatoms. The number of halogens is 1. The van der Waals surface area contributed by atoms with Crippen molar-refractivity contribution in [1.82, 2.24) is 4.98 Å². The number of rotatable bonds is 2. The highest BCUT2D eigenvalue weighted by Gasteiger charge is 2.12. The van der Waals surface area contributed by atoms with Crippen molar-refractivity contribution < 1.29 is 15.0 Å². The molecule has 0 spiro atoms. The second kappa shape index (κ2) is 4.43. The third kappa shape index (κ3) is 2.37. The van der Waals surface area contributed by atoms with E-state index in [-0.39, 0.29) is 11.4 Å². The molecular weight excluding hydrogens is 242 g/mol. The number of benzene rings is 1. The van der Waals surface area contributed by atoms with Gasteiger partial charge in [-0.15, -0.1) is 0 Å². The highest BCUT2D eigenvalue weighted by molar-refractivity contribution is 6.30. The summed E-state index contributed by atoms with van der Waals surface area (Å²) in [5.74, 6) is -1.62. The van der Waals surface area contributed by atoms with E-state index in [1.165, 1.54) is 6.07 Å². The molecule has 1 aromatic carbocycles. The highest BCUT2D eigenvalue weighted by Crippen LogP contribution is 2.23. The van der Waals surface area contributed by atoms with Crippen molar-refractivity contribution in [2.75, 3.05) is 0 Å². The van der Waals surface area contributed by atoms with Gasteiger partial charge in [0.05, 0.1) is 5.69 Å². The largest absolute Gasteiger partial charge is 0.505 e. The van der Waals surface area contributed by atoms with E-state index in [0.717, 1.165) is 5.56 Å². The third-order valence-electron chi connectivity index (χ3n) is 2.22. The standard InChI is InChI=1S/C12H8ClNO3/c13-8-3-1-7(2-4-8)9-5-6-10(15)11(14-9)12(16)17/h1-6,15H,(H,16,17). The molecule has 2 rings (SSSR count). The van der Waals surface area contributed by atoms with Crippen LogP contribution in [0.25, 0.3) is 11.3 Å². The van der Waals surface area contributed by atoms with Crippen molar-refractivity contribution in [3.05, 3.63) is 47.1 Å². The Morgan fingerprint density at radius 1 is 1.12 bits per heavy atom. The Morgan fingerprint density at radius 3 is 2.35 bits per heavy atom. The number of pyridine rings is 1. The van der Waals surface area contributed by atoms with Gasteiger partial charge in [-0.3, -0.25) is 0 Å². The lowest BCUT2D eigenvalue weighted by molar-refractivity contribution is 0.0687. The van der Waals surface area contributed by atoms with Crippen molar-refractivity contribution in [2.45, 2.75) is 0 Å². The first-order valence-electron chi connectivity index (χ1n) is 4.77. The maximum absolute atomic E-state index is 10.8. The smallest absolute Gasteiger partial charge is 0.358 e. The molecule has 0 saturated carbocycles. The first-order chi connectivity index (χ1) is 8.08. The predicted molar refractivity (Wildman–Crippen MR) is 63.3 cm³/mol. The van der Waals surface area contributed by atoms with Crippen LogP contribution in [-0.4, -0.2) is 21.2 Å². The number of hydrogen-bond donors (Lipinski definition) is 2. The maximum Gasteiger partial charge on any atom is 0.358 e. The molecule has 0 amide bonds. The number of carboxylic acid groups (broad SMARTS) is 1. The van der Waals surface area contributed by atoms with Crippen LogP contribution in [0.2, 0.25) is 5.02 Å². The number of hydrogen-bond acceptors (Lipinski definition) is 3. The topological polar surface area (TPSA) is 70.4 Å². The summed E-state index contributed by atoms with van der Waals surface area (Å²) in [5, 5.41) is 18.8. The quantitative estimate of drug-likeness (QED) is 0.859. The molecule has 0 unspecified atom stereocenters. The molecule has 2 N–H and O–H groups in total. The maximum atomic E-state index is 10.8. The Kier molecular flexibility index (Phi) is 2.97. The van der Waals surface area contributed by atoms with E-state index >= 15 is 0 Å². The summed E-state index contributed by atoms with van der Waals surface area (Å²) in [7, 11) is 0. The van der Waals surface area contributed by atoms with Gasteiger partial charge in [-0.1, -0.05) is 23.7 Å². The van der Waals surface area contributed by atoms with Crippen molar-refractivity contribution in [3.63, 3.8) is 0 Å². The monoisotopic (exact) mass is 249 g/mol. The molecule has 1 heterocycles. The zero-order valence-corrected chi connectivity index (χ0v) is 9.35. The number of nitrogens with zero attached hydrogens (tertiary/aromatic N) is 1. The lowest BCUT2D eigenvalue weighted by Crippen LogP contribution is -2.01. The van der Waals surface area contributed by atoms with Crippen LogP contribution in [0.4, 0.5) is 0 Å². The average molecular weight is 250 g/mol. The molecule has 0 aliphatic carbocycles. The summed E-state index contributed by atoms with van der Waals surface area (Å²) in [4.78, 5) is 14.7. The van der Waals surface area contributed by atoms with Gasteiger partial charge < -0.3 is 10.2 Å². The summed E-state index contributed by atoms with van der Waals surface area (Å²) in [6.45, 7) is 0. The molecule has 0 radical (unpaired) electrons. The fraction of sp³-hybridized carbons (Fsp3) is 0. The summed E-state index contributed by atoms with van der Waals surface area (Å²) >= 11 is 5.75. The van der Waals surface area contributed by atoms with Crippen LogP contribution < -0.4 is 0 Å². The molecule has 0 fully saturated rings. The Labute approximate surface area is 102 Å². The van der Waals surface area contributed by atoms with Crippen LogP contribution >= 0.6 is 11.6 Å².